The van der Waals surface area contributed by atoms with Crippen LogP contribution in [0.5, 0.6) is 0 Å². The number of aliphatic hydroxyl groups excluding tert-OH is 1. The number of nitrogens with zero attached hydrogens (tertiary/aromatic N) is 4. The Morgan fingerprint density at radius 2 is 1.78 bits per heavy atom. The first-order valence-corrected chi connectivity index (χ1v) is 9.30. The number of carbonyl (C=O) groups is 1. The number of nitro benzene ring substituents is 1. The molecule has 0 aromatic heterocycles. The predicted molar refractivity (Wildman–Crippen MR) is 105 cm³/mol. The van der Waals surface area contributed by atoms with E-state index in [0.717, 1.165) is 12.2 Å². The minimum absolute atomic E-state index is 0.0390. The van der Waals surface area contributed by atoms with Gasteiger partial charge in [0.05, 0.1) is 18.1 Å². The van der Waals surface area contributed by atoms with Crippen molar-refractivity contribution < 1.29 is 14.8 Å². The van der Waals surface area contributed by atoms with Crippen molar-refractivity contribution in [3.63, 3.8) is 0 Å². The van der Waals surface area contributed by atoms with E-state index in [1.165, 1.54) is 12.1 Å². The molecular formula is C19H30N4O4. The molecule has 0 aliphatic carbocycles. The fraction of sp³-hybridized carbons (Fsp3) is 0.632. The lowest BCUT2D eigenvalue weighted by atomic mass is 9.96. The zero-order valence-electron chi connectivity index (χ0n) is 16.4. The van der Waals surface area contributed by atoms with E-state index < -0.39 is 4.92 Å². The molecule has 0 spiro atoms. The van der Waals surface area contributed by atoms with Crippen molar-refractivity contribution in [1.29, 1.82) is 0 Å². The van der Waals surface area contributed by atoms with Gasteiger partial charge in [-0.2, -0.15) is 0 Å². The zero-order chi connectivity index (χ0) is 20.0. The molecule has 27 heavy (non-hydrogen) atoms. The molecule has 1 fully saturated rings. The maximum atomic E-state index is 12.6. The van der Waals surface area contributed by atoms with Crippen molar-refractivity contribution in [2.24, 2.45) is 5.41 Å². The first-order valence-electron chi connectivity index (χ1n) is 9.30. The Hall–Kier alpha value is -2.19. The Labute approximate surface area is 160 Å². The predicted octanol–water partition coefficient (Wildman–Crippen LogP) is 1.58. The Balaban J connectivity index is 1.88. The van der Waals surface area contributed by atoms with Gasteiger partial charge in [0.2, 0.25) is 5.91 Å². The molecule has 0 radical (unpaired) electrons. The molecule has 8 nitrogen and oxygen atoms in total. The van der Waals surface area contributed by atoms with E-state index in [2.05, 4.69) is 25.7 Å². The van der Waals surface area contributed by atoms with Crippen LogP contribution >= 0.6 is 0 Å². The third-order valence-electron chi connectivity index (χ3n) is 4.53. The van der Waals surface area contributed by atoms with Crippen LogP contribution in [0.3, 0.4) is 0 Å². The smallest absolute Gasteiger partial charge is 0.269 e. The summed E-state index contributed by atoms with van der Waals surface area (Å²) in [6, 6.07) is 6.52. The van der Waals surface area contributed by atoms with Gasteiger partial charge in [0.25, 0.3) is 5.69 Å². The third-order valence-corrected chi connectivity index (χ3v) is 4.53. The van der Waals surface area contributed by atoms with Gasteiger partial charge in [0.1, 0.15) is 0 Å². The second kappa shape index (κ2) is 9.14. The summed E-state index contributed by atoms with van der Waals surface area (Å²) in [7, 11) is 0. The molecule has 1 aliphatic heterocycles. The number of aliphatic hydroxyl groups is 1. The fourth-order valence-corrected chi connectivity index (χ4v) is 3.32. The molecule has 1 saturated heterocycles. The lowest BCUT2D eigenvalue weighted by molar-refractivity contribution is -0.384. The molecule has 8 heteroatoms. The highest BCUT2D eigenvalue weighted by Crippen LogP contribution is 2.21. The van der Waals surface area contributed by atoms with Crippen molar-refractivity contribution in [2.45, 2.75) is 20.8 Å². The first kappa shape index (κ1) is 21.1. The lowest BCUT2D eigenvalue weighted by Gasteiger charge is -2.37. The topological polar surface area (TPSA) is 90.2 Å². The Kier molecular flexibility index (Phi) is 7.15. The summed E-state index contributed by atoms with van der Waals surface area (Å²) in [5, 5.41) is 20.0. The highest BCUT2D eigenvalue weighted by Gasteiger charge is 2.25. The zero-order valence-corrected chi connectivity index (χ0v) is 16.4. The number of carbonyl (C=O) groups excluding carboxylic acids is 1. The standard InChI is InChI=1S/C19H30N4O4/c1-19(2,3)15-20(12-13-24)14-18(25)22-10-8-21(9-11-22)16-4-6-17(7-5-16)23(26)27/h4-7,24H,8-15H2,1-3H3. The normalized spacial score (nSPS) is 15.3. The summed E-state index contributed by atoms with van der Waals surface area (Å²) in [5.74, 6) is 0.0797. The van der Waals surface area contributed by atoms with Gasteiger partial charge < -0.3 is 14.9 Å². The van der Waals surface area contributed by atoms with E-state index in [9.17, 15) is 20.0 Å². The van der Waals surface area contributed by atoms with Crippen molar-refractivity contribution in [2.75, 3.05) is 57.3 Å². The number of non-ortho nitro benzene ring substituents is 1. The quantitative estimate of drug-likeness (QED) is 0.572. The van der Waals surface area contributed by atoms with E-state index in [1.54, 1.807) is 12.1 Å². The highest BCUT2D eigenvalue weighted by atomic mass is 16.6. The van der Waals surface area contributed by atoms with Crippen molar-refractivity contribution in [1.82, 2.24) is 9.80 Å². The van der Waals surface area contributed by atoms with Gasteiger partial charge in [-0.25, -0.2) is 0 Å². The van der Waals surface area contributed by atoms with Crippen LogP contribution in [0.1, 0.15) is 20.8 Å². The number of rotatable bonds is 7. The van der Waals surface area contributed by atoms with Crippen LogP contribution in [-0.4, -0.2) is 78.2 Å². The number of piperazine rings is 1. The van der Waals surface area contributed by atoms with E-state index in [1.807, 2.05) is 9.80 Å². The van der Waals surface area contributed by atoms with Gasteiger partial charge in [0, 0.05) is 57.1 Å². The van der Waals surface area contributed by atoms with Gasteiger partial charge in [-0.3, -0.25) is 19.8 Å². The highest BCUT2D eigenvalue weighted by molar-refractivity contribution is 5.78. The van der Waals surface area contributed by atoms with Crippen LogP contribution in [0.4, 0.5) is 11.4 Å². The van der Waals surface area contributed by atoms with Crippen LogP contribution in [-0.2, 0) is 4.79 Å². The van der Waals surface area contributed by atoms with Gasteiger partial charge in [-0.1, -0.05) is 20.8 Å². The summed E-state index contributed by atoms with van der Waals surface area (Å²) >= 11 is 0. The van der Waals surface area contributed by atoms with Crippen LogP contribution in [0, 0.1) is 15.5 Å². The number of benzene rings is 1. The van der Waals surface area contributed by atoms with Crippen LogP contribution < -0.4 is 4.90 Å². The molecule has 1 aromatic rings. The molecule has 0 bridgehead atoms. The molecule has 1 amide bonds. The third kappa shape index (κ3) is 6.48. The molecule has 0 atom stereocenters. The van der Waals surface area contributed by atoms with Crippen molar-refractivity contribution in [3.8, 4) is 0 Å². The Morgan fingerprint density at radius 3 is 2.26 bits per heavy atom. The number of hydrogen-bond donors (Lipinski definition) is 1. The summed E-state index contributed by atoms with van der Waals surface area (Å²) in [6.45, 7) is 10.6. The average molecular weight is 378 g/mol. The molecule has 150 valence electrons. The minimum Gasteiger partial charge on any atom is -0.395 e. The van der Waals surface area contributed by atoms with Crippen LogP contribution in [0.25, 0.3) is 0 Å². The molecule has 1 N–H and O–H groups in total. The largest absolute Gasteiger partial charge is 0.395 e. The molecule has 0 unspecified atom stereocenters. The van der Waals surface area contributed by atoms with E-state index >= 15 is 0 Å². The van der Waals surface area contributed by atoms with Crippen LogP contribution in [0.15, 0.2) is 24.3 Å². The lowest BCUT2D eigenvalue weighted by Crippen LogP contribution is -2.52. The van der Waals surface area contributed by atoms with E-state index in [-0.39, 0.29) is 23.6 Å². The summed E-state index contributed by atoms with van der Waals surface area (Å²) in [6.07, 6.45) is 0. The number of nitro groups is 1. The number of amides is 1. The summed E-state index contributed by atoms with van der Waals surface area (Å²) < 4.78 is 0. The summed E-state index contributed by atoms with van der Waals surface area (Å²) in [4.78, 5) is 29.0. The van der Waals surface area contributed by atoms with Gasteiger partial charge in [0.15, 0.2) is 0 Å². The van der Waals surface area contributed by atoms with Gasteiger partial charge >= 0.3 is 0 Å². The molecule has 0 saturated carbocycles. The second-order valence-corrected chi connectivity index (χ2v) is 8.14. The van der Waals surface area contributed by atoms with Crippen LogP contribution in [0.2, 0.25) is 0 Å². The Bertz CT molecular complexity index is 634. The molecule has 2 rings (SSSR count). The second-order valence-electron chi connectivity index (χ2n) is 8.14. The number of hydrogen-bond acceptors (Lipinski definition) is 6. The Morgan fingerprint density at radius 1 is 1.19 bits per heavy atom. The first-order chi connectivity index (χ1) is 12.7. The molecule has 1 aromatic carbocycles. The number of anilines is 1. The monoisotopic (exact) mass is 378 g/mol. The van der Waals surface area contributed by atoms with Gasteiger partial charge in [-0.05, 0) is 17.5 Å². The molecular weight excluding hydrogens is 348 g/mol. The van der Waals surface area contributed by atoms with E-state index in [0.29, 0.717) is 39.3 Å². The molecule has 1 aliphatic rings. The molecule has 1 heterocycles. The minimum atomic E-state index is -0.407. The van der Waals surface area contributed by atoms with Crippen molar-refractivity contribution >= 4 is 17.3 Å². The van der Waals surface area contributed by atoms with E-state index in [4.69, 9.17) is 0 Å². The van der Waals surface area contributed by atoms with Crippen molar-refractivity contribution in [3.05, 3.63) is 34.4 Å². The SMILES string of the molecule is CC(C)(C)CN(CCO)CC(=O)N1CCN(c2ccc([N+](=O)[O-])cc2)CC1. The van der Waals surface area contributed by atoms with Gasteiger partial charge in [-0.15, -0.1) is 0 Å². The summed E-state index contributed by atoms with van der Waals surface area (Å²) in [5.41, 5.74) is 1.07. The maximum absolute atomic E-state index is 12.6. The maximum Gasteiger partial charge on any atom is 0.269 e. The average Bonchev–Trinajstić information content (AvgIpc) is 2.60. The fourth-order valence-electron chi connectivity index (χ4n) is 3.32.